The summed E-state index contributed by atoms with van der Waals surface area (Å²) in [6.07, 6.45) is -1.75. The second-order valence-corrected chi connectivity index (χ2v) is 10.2. The molecule has 0 amide bonds. The molecule has 0 unspecified atom stereocenters. The Morgan fingerprint density at radius 1 is 1.00 bits per heavy atom. The first-order valence-corrected chi connectivity index (χ1v) is 12.8. The monoisotopic (exact) mass is 542 g/mol. The SMILES string of the molecule is Cc1ccc(C2=C(c3ccc(S(N)(=O)=O)cc3)C3=NN(Cc4ccc(C(F)(F)F)nc4)CON3N=C2)cc1. The summed E-state index contributed by atoms with van der Waals surface area (Å²) in [7, 11) is -3.89. The average Bonchev–Trinajstić information content (AvgIpc) is 2.88. The van der Waals surface area contributed by atoms with Gasteiger partial charge in [0.1, 0.15) is 5.69 Å². The number of aryl methyl sites for hydroxylation is 1. The van der Waals surface area contributed by atoms with Crippen molar-refractivity contribution >= 4 is 33.2 Å². The molecule has 0 radical (unpaired) electrons. The van der Waals surface area contributed by atoms with E-state index in [2.05, 4.69) is 15.2 Å². The largest absolute Gasteiger partial charge is 0.433 e. The zero-order valence-electron chi connectivity index (χ0n) is 19.9. The van der Waals surface area contributed by atoms with Gasteiger partial charge in [0.25, 0.3) is 0 Å². The number of fused-ring (bicyclic) bond motifs is 1. The van der Waals surface area contributed by atoms with Gasteiger partial charge < -0.3 is 0 Å². The maximum atomic E-state index is 12.9. The number of sulfonamides is 1. The second kappa shape index (κ2) is 9.67. The van der Waals surface area contributed by atoms with Gasteiger partial charge in [-0.3, -0.25) is 9.99 Å². The average molecular weight is 543 g/mol. The standard InChI is InChI=1S/C25H21F3N6O3S/c1-16-2-5-18(6-3-16)21-13-31-34-24(23(21)19-7-9-20(10-8-19)38(29,35)36)32-33(15-37-34)14-17-4-11-22(30-12-17)25(26,27)28/h2-13H,14-15H2,1H3,(H2,29,35,36). The second-order valence-electron chi connectivity index (χ2n) is 8.64. The highest BCUT2D eigenvalue weighted by atomic mass is 32.2. The van der Waals surface area contributed by atoms with E-state index in [1.807, 2.05) is 31.2 Å². The minimum atomic E-state index is -4.53. The van der Waals surface area contributed by atoms with Crippen LogP contribution in [-0.2, 0) is 27.6 Å². The van der Waals surface area contributed by atoms with E-state index in [1.165, 1.54) is 28.4 Å². The van der Waals surface area contributed by atoms with Crippen LogP contribution in [0, 0.1) is 6.92 Å². The van der Waals surface area contributed by atoms with Crippen LogP contribution >= 0.6 is 0 Å². The van der Waals surface area contributed by atoms with Crippen molar-refractivity contribution in [3.63, 3.8) is 0 Å². The van der Waals surface area contributed by atoms with Crippen LogP contribution in [0.3, 0.4) is 0 Å². The molecule has 1 aromatic heterocycles. The predicted molar refractivity (Wildman–Crippen MR) is 134 cm³/mol. The van der Waals surface area contributed by atoms with Gasteiger partial charge in [0.15, 0.2) is 6.73 Å². The summed E-state index contributed by atoms with van der Waals surface area (Å²) < 4.78 is 62.2. The Morgan fingerprint density at radius 2 is 1.68 bits per heavy atom. The summed E-state index contributed by atoms with van der Waals surface area (Å²) in [6, 6.07) is 16.0. The molecule has 2 aliphatic rings. The fourth-order valence-corrected chi connectivity index (χ4v) is 4.45. The number of hydrazone groups is 2. The number of halogens is 3. The molecule has 13 heteroatoms. The van der Waals surface area contributed by atoms with Crippen LogP contribution in [0.25, 0.3) is 11.1 Å². The van der Waals surface area contributed by atoms with E-state index in [0.717, 1.165) is 23.4 Å². The first-order chi connectivity index (χ1) is 18.0. The summed E-state index contributed by atoms with van der Waals surface area (Å²) in [5, 5.41) is 17.1. The quantitative estimate of drug-likeness (QED) is 0.522. The number of hydrogen-bond acceptors (Lipinski definition) is 8. The molecule has 0 saturated carbocycles. The number of hydroxylamine groups is 1. The molecule has 38 heavy (non-hydrogen) atoms. The molecule has 0 bridgehead atoms. The number of pyridine rings is 1. The Kier molecular flexibility index (Phi) is 6.51. The number of benzene rings is 2. The zero-order valence-corrected chi connectivity index (χ0v) is 20.7. The number of primary sulfonamides is 1. The Bertz CT molecular complexity index is 1550. The van der Waals surface area contributed by atoms with Crippen LogP contribution in [0.15, 0.2) is 82.0 Å². The summed E-state index contributed by atoms with van der Waals surface area (Å²) in [4.78, 5) is 9.22. The minimum Gasteiger partial charge on any atom is -0.262 e. The van der Waals surface area contributed by atoms with Crippen molar-refractivity contribution in [2.75, 3.05) is 6.73 Å². The molecule has 2 aromatic carbocycles. The van der Waals surface area contributed by atoms with E-state index in [1.54, 1.807) is 18.3 Å². The summed E-state index contributed by atoms with van der Waals surface area (Å²) in [6.45, 7) is 2.08. The molecule has 0 atom stereocenters. The zero-order chi connectivity index (χ0) is 27.1. The fraction of sp³-hybridized carbons (Fsp3) is 0.160. The van der Waals surface area contributed by atoms with Gasteiger partial charge in [0.05, 0.1) is 17.7 Å². The lowest BCUT2D eigenvalue weighted by Gasteiger charge is -2.34. The molecule has 5 rings (SSSR count). The number of nitrogens with two attached hydrogens (primary N) is 1. The summed E-state index contributed by atoms with van der Waals surface area (Å²) >= 11 is 0. The number of aromatic nitrogens is 1. The lowest BCUT2D eigenvalue weighted by Crippen LogP contribution is -2.41. The van der Waals surface area contributed by atoms with Gasteiger partial charge >= 0.3 is 6.18 Å². The first kappa shape index (κ1) is 25.6. The molecular formula is C25H21F3N6O3S. The number of alkyl halides is 3. The van der Waals surface area contributed by atoms with Crippen molar-refractivity contribution in [2.24, 2.45) is 15.3 Å². The van der Waals surface area contributed by atoms with E-state index >= 15 is 0 Å². The summed E-state index contributed by atoms with van der Waals surface area (Å²) in [5.41, 5.74) is 3.38. The number of allylic oxidation sites excluding steroid dienone is 1. The van der Waals surface area contributed by atoms with Gasteiger partial charge in [-0.15, -0.1) is 5.17 Å². The third-order valence-corrected chi connectivity index (χ3v) is 6.77. The highest BCUT2D eigenvalue weighted by molar-refractivity contribution is 7.89. The molecule has 0 spiro atoms. The molecular weight excluding hydrogens is 521 g/mol. The normalized spacial score (nSPS) is 16.0. The first-order valence-electron chi connectivity index (χ1n) is 11.3. The van der Waals surface area contributed by atoms with E-state index in [-0.39, 0.29) is 18.2 Å². The van der Waals surface area contributed by atoms with Crippen molar-refractivity contribution in [3.8, 4) is 0 Å². The highest BCUT2D eigenvalue weighted by Crippen LogP contribution is 2.34. The van der Waals surface area contributed by atoms with Crippen molar-refractivity contribution in [1.29, 1.82) is 0 Å². The number of amidine groups is 1. The van der Waals surface area contributed by atoms with Crippen LogP contribution in [-0.4, -0.2) is 42.4 Å². The Hall–Kier alpha value is -4.07. The third kappa shape index (κ3) is 5.30. The van der Waals surface area contributed by atoms with Crippen LogP contribution in [0.1, 0.15) is 27.9 Å². The van der Waals surface area contributed by atoms with E-state index in [4.69, 9.17) is 9.98 Å². The number of nitrogens with zero attached hydrogens (tertiary/aromatic N) is 5. The molecule has 3 aromatic rings. The van der Waals surface area contributed by atoms with Gasteiger partial charge in [0.2, 0.25) is 15.9 Å². The smallest absolute Gasteiger partial charge is 0.262 e. The fourth-order valence-electron chi connectivity index (χ4n) is 3.94. The summed E-state index contributed by atoms with van der Waals surface area (Å²) in [5.74, 6) is 0.317. The lowest BCUT2D eigenvalue weighted by molar-refractivity contribution is -0.159. The van der Waals surface area contributed by atoms with Gasteiger partial charge in [0, 0.05) is 17.3 Å². The molecule has 0 fully saturated rings. The third-order valence-electron chi connectivity index (χ3n) is 5.85. The molecule has 196 valence electrons. The Labute approximate surface area is 216 Å². The van der Waals surface area contributed by atoms with Crippen molar-refractivity contribution in [3.05, 3.63) is 94.8 Å². The van der Waals surface area contributed by atoms with Crippen LogP contribution < -0.4 is 5.14 Å². The van der Waals surface area contributed by atoms with Gasteiger partial charge in [-0.2, -0.15) is 23.4 Å². The van der Waals surface area contributed by atoms with E-state index < -0.39 is 21.9 Å². The maximum absolute atomic E-state index is 12.9. The van der Waals surface area contributed by atoms with Crippen molar-refractivity contribution in [2.45, 2.75) is 24.5 Å². The lowest BCUT2D eigenvalue weighted by atomic mass is 9.93. The molecule has 0 aliphatic carbocycles. The van der Waals surface area contributed by atoms with Gasteiger partial charge in [-0.1, -0.05) is 48.0 Å². The van der Waals surface area contributed by atoms with Crippen LogP contribution in [0.5, 0.6) is 0 Å². The van der Waals surface area contributed by atoms with E-state index in [0.29, 0.717) is 28.1 Å². The molecule has 2 aliphatic heterocycles. The molecule has 0 saturated heterocycles. The molecule has 3 heterocycles. The predicted octanol–water partition coefficient (Wildman–Crippen LogP) is 3.99. The van der Waals surface area contributed by atoms with Crippen molar-refractivity contribution < 1.29 is 26.4 Å². The number of hydrogen-bond donors (Lipinski definition) is 1. The van der Waals surface area contributed by atoms with Crippen LogP contribution in [0.2, 0.25) is 0 Å². The molecule has 2 N–H and O–H groups in total. The van der Waals surface area contributed by atoms with Crippen molar-refractivity contribution in [1.82, 2.24) is 15.2 Å². The van der Waals surface area contributed by atoms with Gasteiger partial charge in [-0.25, -0.2) is 18.4 Å². The van der Waals surface area contributed by atoms with Crippen LogP contribution in [0.4, 0.5) is 13.2 Å². The number of rotatable bonds is 5. The topological polar surface area (TPSA) is 113 Å². The Balaban J connectivity index is 1.56. The van der Waals surface area contributed by atoms with E-state index in [9.17, 15) is 21.6 Å². The highest BCUT2D eigenvalue weighted by Gasteiger charge is 2.33. The molecule has 9 nitrogen and oxygen atoms in total. The Morgan fingerprint density at radius 3 is 2.29 bits per heavy atom. The maximum Gasteiger partial charge on any atom is 0.433 e. The van der Waals surface area contributed by atoms with Gasteiger partial charge in [-0.05, 0) is 41.8 Å². The minimum absolute atomic E-state index is 0.0145.